The Kier molecular flexibility index (Phi) is 6.17. The number of esters is 1. The maximum absolute atomic E-state index is 12.6. The maximum atomic E-state index is 12.6. The van der Waals surface area contributed by atoms with E-state index in [1.165, 1.54) is 12.1 Å². The molecule has 2 N–H and O–H groups in total. The van der Waals surface area contributed by atoms with Gasteiger partial charge in [-0.2, -0.15) is 4.31 Å². The van der Waals surface area contributed by atoms with E-state index < -0.39 is 16.0 Å². The molecular weight excluding hydrogens is 292 g/mol. The first-order valence-corrected chi connectivity index (χ1v) is 8.22. The Hall–Kier alpha value is -1.60. The number of benzene rings is 1. The van der Waals surface area contributed by atoms with Crippen molar-refractivity contribution in [3.05, 3.63) is 24.3 Å². The van der Waals surface area contributed by atoms with E-state index in [0.717, 1.165) is 4.31 Å². The van der Waals surface area contributed by atoms with Gasteiger partial charge in [0, 0.05) is 12.2 Å². The molecule has 0 aliphatic heterocycles. The average Bonchev–Trinajstić information content (AvgIpc) is 2.37. The molecule has 1 aromatic rings. The summed E-state index contributed by atoms with van der Waals surface area (Å²) in [7, 11) is -3.78. The fourth-order valence-electron chi connectivity index (χ4n) is 1.83. The Morgan fingerprint density at radius 1 is 1.38 bits per heavy atom. The number of sulfonamides is 1. The van der Waals surface area contributed by atoms with Crippen LogP contribution in [0.4, 0.5) is 5.69 Å². The van der Waals surface area contributed by atoms with Crippen LogP contribution in [0.15, 0.2) is 29.2 Å². The number of nitrogens with zero attached hydrogens (tertiary/aromatic N) is 1. The molecule has 0 radical (unpaired) electrons. The van der Waals surface area contributed by atoms with Gasteiger partial charge in [-0.15, -0.1) is 0 Å². The highest BCUT2D eigenvalue weighted by molar-refractivity contribution is 7.89. The van der Waals surface area contributed by atoms with Crippen LogP contribution in [-0.2, 0) is 19.6 Å². The second-order valence-electron chi connectivity index (χ2n) is 5.07. The van der Waals surface area contributed by atoms with Gasteiger partial charge in [-0.25, -0.2) is 8.42 Å². The summed E-state index contributed by atoms with van der Waals surface area (Å²) in [5, 5.41) is 0. The first-order valence-electron chi connectivity index (χ1n) is 6.78. The Morgan fingerprint density at radius 3 is 2.57 bits per heavy atom. The van der Waals surface area contributed by atoms with Crippen molar-refractivity contribution >= 4 is 21.7 Å². The summed E-state index contributed by atoms with van der Waals surface area (Å²) >= 11 is 0. The fraction of sp³-hybridized carbons (Fsp3) is 0.500. The van der Waals surface area contributed by atoms with Crippen LogP contribution in [0.2, 0.25) is 0 Å². The molecule has 0 aliphatic rings. The van der Waals surface area contributed by atoms with Crippen molar-refractivity contribution in [2.75, 3.05) is 25.4 Å². The summed E-state index contributed by atoms with van der Waals surface area (Å²) in [5.41, 5.74) is 5.99. The third kappa shape index (κ3) is 5.02. The zero-order valence-electron chi connectivity index (χ0n) is 12.6. The molecular formula is C14H22N2O4S. The lowest BCUT2D eigenvalue weighted by molar-refractivity contribution is -0.143. The molecule has 7 heteroatoms. The summed E-state index contributed by atoms with van der Waals surface area (Å²) in [4.78, 5) is 11.7. The van der Waals surface area contributed by atoms with Crippen molar-refractivity contribution in [2.45, 2.75) is 25.7 Å². The third-order valence-corrected chi connectivity index (χ3v) is 4.48. The number of nitrogen functional groups attached to an aromatic ring is 1. The number of hydrogen-bond donors (Lipinski definition) is 1. The Balaban J connectivity index is 3.08. The molecule has 0 aromatic heterocycles. The van der Waals surface area contributed by atoms with E-state index >= 15 is 0 Å². The van der Waals surface area contributed by atoms with E-state index in [1.54, 1.807) is 19.1 Å². The topological polar surface area (TPSA) is 89.7 Å². The Bertz CT molecular complexity index is 584. The normalized spacial score (nSPS) is 11.9. The van der Waals surface area contributed by atoms with Gasteiger partial charge >= 0.3 is 5.97 Å². The third-order valence-electron chi connectivity index (χ3n) is 2.68. The highest BCUT2D eigenvalue weighted by Crippen LogP contribution is 2.19. The molecule has 0 amide bonds. The van der Waals surface area contributed by atoms with Crippen molar-refractivity contribution in [1.82, 2.24) is 4.31 Å². The summed E-state index contributed by atoms with van der Waals surface area (Å²) in [6, 6.07) is 6.02. The van der Waals surface area contributed by atoms with Gasteiger partial charge in [0.2, 0.25) is 10.0 Å². The highest BCUT2D eigenvalue weighted by atomic mass is 32.2. The summed E-state index contributed by atoms with van der Waals surface area (Å²) in [6.07, 6.45) is 0. The van der Waals surface area contributed by atoms with Gasteiger partial charge in [-0.05, 0) is 31.0 Å². The number of carbonyl (C=O) groups is 1. The van der Waals surface area contributed by atoms with Crippen LogP contribution >= 0.6 is 0 Å². The van der Waals surface area contributed by atoms with Crippen LogP contribution in [0.3, 0.4) is 0 Å². The summed E-state index contributed by atoms with van der Waals surface area (Å²) < 4.78 is 31.2. The number of anilines is 1. The van der Waals surface area contributed by atoms with Crippen LogP contribution in [-0.4, -0.2) is 38.4 Å². The molecule has 118 valence electrons. The van der Waals surface area contributed by atoms with E-state index in [9.17, 15) is 13.2 Å². The molecule has 21 heavy (non-hydrogen) atoms. The van der Waals surface area contributed by atoms with Gasteiger partial charge in [-0.1, -0.05) is 19.9 Å². The fourth-order valence-corrected chi connectivity index (χ4v) is 3.43. The second kappa shape index (κ2) is 7.42. The number of rotatable bonds is 7. The molecule has 0 saturated heterocycles. The summed E-state index contributed by atoms with van der Waals surface area (Å²) in [6.45, 7) is 5.59. The molecule has 0 bridgehead atoms. The lowest BCUT2D eigenvalue weighted by Crippen LogP contribution is -2.38. The van der Waals surface area contributed by atoms with Gasteiger partial charge in [0.15, 0.2) is 0 Å². The number of carbonyl (C=O) groups excluding carboxylic acids is 1. The summed E-state index contributed by atoms with van der Waals surface area (Å²) in [5.74, 6) is -0.485. The van der Waals surface area contributed by atoms with Crippen LogP contribution < -0.4 is 5.73 Å². The molecule has 1 rings (SSSR count). The molecule has 0 atom stereocenters. The van der Waals surface area contributed by atoms with Crippen LogP contribution in [0.25, 0.3) is 0 Å². The van der Waals surface area contributed by atoms with Crippen molar-refractivity contribution in [1.29, 1.82) is 0 Å². The maximum Gasteiger partial charge on any atom is 0.321 e. The zero-order valence-corrected chi connectivity index (χ0v) is 13.4. The van der Waals surface area contributed by atoms with Crippen molar-refractivity contribution in [2.24, 2.45) is 5.92 Å². The zero-order chi connectivity index (χ0) is 16.0. The van der Waals surface area contributed by atoms with Gasteiger partial charge in [0.25, 0.3) is 0 Å². The molecule has 0 spiro atoms. The minimum absolute atomic E-state index is 0.0763. The van der Waals surface area contributed by atoms with Gasteiger partial charge in [-0.3, -0.25) is 4.79 Å². The molecule has 0 saturated carbocycles. The lowest BCUT2D eigenvalue weighted by atomic mass is 10.2. The van der Waals surface area contributed by atoms with E-state index in [2.05, 4.69) is 0 Å². The number of nitrogens with two attached hydrogens (primary N) is 1. The quantitative estimate of drug-likeness (QED) is 0.608. The standard InChI is InChI=1S/C14H22N2O4S/c1-4-20-14(17)10-16(9-11(2)3)21(18,19)13-7-5-6-12(15)8-13/h5-8,11H,4,9-10,15H2,1-3H3. The van der Waals surface area contributed by atoms with Gasteiger partial charge < -0.3 is 10.5 Å². The number of ether oxygens (including phenoxy) is 1. The van der Waals surface area contributed by atoms with Crippen LogP contribution in [0.5, 0.6) is 0 Å². The van der Waals surface area contributed by atoms with E-state index in [1.807, 2.05) is 13.8 Å². The molecule has 0 fully saturated rings. The lowest BCUT2D eigenvalue weighted by Gasteiger charge is -2.23. The number of hydrogen-bond acceptors (Lipinski definition) is 5. The average molecular weight is 314 g/mol. The minimum Gasteiger partial charge on any atom is -0.465 e. The molecule has 1 aromatic carbocycles. The van der Waals surface area contributed by atoms with Crippen molar-refractivity contribution in [3.63, 3.8) is 0 Å². The highest BCUT2D eigenvalue weighted by Gasteiger charge is 2.27. The van der Waals surface area contributed by atoms with Gasteiger partial charge in [0.05, 0.1) is 11.5 Å². The minimum atomic E-state index is -3.78. The Morgan fingerprint density at radius 2 is 2.05 bits per heavy atom. The monoisotopic (exact) mass is 314 g/mol. The van der Waals surface area contributed by atoms with Crippen LogP contribution in [0, 0.1) is 5.92 Å². The van der Waals surface area contributed by atoms with Gasteiger partial charge in [0.1, 0.15) is 6.54 Å². The van der Waals surface area contributed by atoms with Crippen molar-refractivity contribution in [3.8, 4) is 0 Å². The SMILES string of the molecule is CCOC(=O)CN(CC(C)C)S(=O)(=O)c1cccc(N)c1. The first-order chi connectivity index (χ1) is 9.77. The predicted molar refractivity (Wildman–Crippen MR) is 81.1 cm³/mol. The smallest absolute Gasteiger partial charge is 0.321 e. The molecule has 0 unspecified atom stereocenters. The first kappa shape index (κ1) is 17.5. The van der Waals surface area contributed by atoms with E-state index in [0.29, 0.717) is 5.69 Å². The Labute approximate surface area is 125 Å². The van der Waals surface area contributed by atoms with Crippen LogP contribution in [0.1, 0.15) is 20.8 Å². The van der Waals surface area contributed by atoms with Crippen molar-refractivity contribution < 1.29 is 17.9 Å². The molecule has 0 aliphatic carbocycles. The molecule has 0 heterocycles. The van der Waals surface area contributed by atoms with E-state index in [-0.39, 0.29) is 30.5 Å². The largest absolute Gasteiger partial charge is 0.465 e. The second-order valence-corrected chi connectivity index (χ2v) is 7.01. The predicted octanol–water partition coefficient (Wildman–Crippen LogP) is 1.48. The molecule has 6 nitrogen and oxygen atoms in total. The van der Waals surface area contributed by atoms with E-state index in [4.69, 9.17) is 10.5 Å².